The normalized spacial score (nSPS) is 17.2. The van der Waals surface area contributed by atoms with Gasteiger partial charge in [-0.3, -0.25) is 4.79 Å². The average molecular weight is 354 g/mol. The number of sulfonamides is 1. The minimum atomic E-state index is -3.63. The van der Waals surface area contributed by atoms with Crippen molar-refractivity contribution >= 4 is 21.9 Å². The van der Waals surface area contributed by atoms with Crippen molar-refractivity contribution in [2.24, 2.45) is 0 Å². The highest BCUT2D eigenvalue weighted by Crippen LogP contribution is 2.22. The molecule has 1 aliphatic rings. The molecule has 1 heterocycles. The van der Waals surface area contributed by atoms with Crippen LogP contribution in [0.25, 0.3) is 0 Å². The van der Waals surface area contributed by atoms with E-state index in [1.807, 2.05) is 0 Å². The molecule has 1 aromatic rings. The number of carboxylic acids is 1. The maximum atomic E-state index is 12.7. The van der Waals surface area contributed by atoms with Crippen LogP contribution >= 0.6 is 0 Å². The molecule has 1 N–H and O–H groups in total. The summed E-state index contributed by atoms with van der Waals surface area (Å²) in [5.41, 5.74) is 0.156. The van der Waals surface area contributed by atoms with Gasteiger partial charge in [-0.1, -0.05) is 12.5 Å². The number of carboxylic acid groups (broad SMARTS) is 1. The third kappa shape index (κ3) is 3.76. The quantitative estimate of drug-likeness (QED) is 0.862. The molecule has 0 aromatic heterocycles. The fourth-order valence-corrected chi connectivity index (χ4v) is 4.15. The number of piperidine rings is 1. The van der Waals surface area contributed by atoms with Crippen LogP contribution in [-0.4, -0.2) is 60.8 Å². The van der Waals surface area contributed by atoms with Gasteiger partial charge in [-0.05, 0) is 38.0 Å². The van der Waals surface area contributed by atoms with E-state index in [-0.39, 0.29) is 10.5 Å². The Morgan fingerprint density at radius 3 is 2.42 bits per heavy atom. The van der Waals surface area contributed by atoms with E-state index >= 15 is 0 Å². The molecule has 2 rings (SSSR count). The van der Waals surface area contributed by atoms with Crippen LogP contribution in [0.2, 0.25) is 0 Å². The number of hydrogen-bond acceptors (Lipinski definition) is 4. The van der Waals surface area contributed by atoms with Gasteiger partial charge in [0.15, 0.2) is 0 Å². The fourth-order valence-electron chi connectivity index (χ4n) is 2.59. The molecule has 0 spiro atoms. The molecular weight excluding hydrogens is 332 g/mol. The van der Waals surface area contributed by atoms with E-state index in [2.05, 4.69) is 0 Å². The zero-order valence-electron chi connectivity index (χ0n) is 13.8. The van der Waals surface area contributed by atoms with Gasteiger partial charge in [-0.2, -0.15) is 4.31 Å². The van der Waals surface area contributed by atoms with E-state index in [0.29, 0.717) is 13.1 Å². The van der Waals surface area contributed by atoms with E-state index in [1.165, 1.54) is 42.5 Å². The molecule has 132 valence electrons. The Hall–Kier alpha value is -1.93. The zero-order chi connectivity index (χ0) is 17.9. The molecule has 7 nitrogen and oxygen atoms in total. The van der Waals surface area contributed by atoms with Gasteiger partial charge < -0.3 is 10.0 Å². The number of hydrogen-bond donors (Lipinski definition) is 1. The summed E-state index contributed by atoms with van der Waals surface area (Å²) in [7, 11) is -2.25. The van der Waals surface area contributed by atoms with Crippen molar-refractivity contribution in [2.75, 3.05) is 20.1 Å². The summed E-state index contributed by atoms with van der Waals surface area (Å²) >= 11 is 0. The smallest absolute Gasteiger partial charge is 0.326 e. The first-order chi connectivity index (χ1) is 11.2. The molecule has 1 atom stereocenters. The Labute approximate surface area is 141 Å². The van der Waals surface area contributed by atoms with Gasteiger partial charge in [0, 0.05) is 25.7 Å². The number of carbonyl (C=O) groups is 2. The third-order valence-corrected chi connectivity index (χ3v) is 6.19. The second-order valence-corrected chi connectivity index (χ2v) is 7.86. The van der Waals surface area contributed by atoms with Crippen molar-refractivity contribution in [3.05, 3.63) is 29.8 Å². The summed E-state index contributed by atoms with van der Waals surface area (Å²) in [6.45, 7) is 2.36. The van der Waals surface area contributed by atoms with Gasteiger partial charge in [0.05, 0.1) is 4.90 Å². The lowest BCUT2D eigenvalue weighted by molar-refractivity contribution is -0.141. The summed E-state index contributed by atoms with van der Waals surface area (Å²) in [5, 5.41) is 9.01. The number of amides is 1. The highest BCUT2D eigenvalue weighted by Gasteiger charge is 2.28. The number of nitrogens with zero attached hydrogens (tertiary/aromatic N) is 2. The second-order valence-electron chi connectivity index (χ2n) is 5.92. The van der Waals surface area contributed by atoms with Gasteiger partial charge in [0.25, 0.3) is 5.91 Å². The van der Waals surface area contributed by atoms with E-state index in [0.717, 1.165) is 24.2 Å². The second kappa shape index (κ2) is 7.31. The van der Waals surface area contributed by atoms with E-state index < -0.39 is 27.9 Å². The molecule has 1 unspecified atom stereocenters. The SMILES string of the molecule is CC(C(=O)O)N(C)C(=O)c1cccc(S(=O)(=O)N2CCCCC2)c1. The summed E-state index contributed by atoms with van der Waals surface area (Å²) in [6.07, 6.45) is 2.68. The van der Waals surface area contributed by atoms with Gasteiger partial charge in [0.2, 0.25) is 10.0 Å². The lowest BCUT2D eigenvalue weighted by Gasteiger charge is -2.26. The minimum Gasteiger partial charge on any atom is -0.480 e. The van der Waals surface area contributed by atoms with Crippen molar-refractivity contribution in [2.45, 2.75) is 37.1 Å². The van der Waals surface area contributed by atoms with Crippen LogP contribution in [0.3, 0.4) is 0 Å². The van der Waals surface area contributed by atoms with Gasteiger partial charge in [-0.15, -0.1) is 0 Å². The standard InChI is InChI=1S/C16H22N2O5S/c1-12(16(20)21)17(2)15(19)13-7-6-8-14(11-13)24(22,23)18-9-4-3-5-10-18/h6-8,11-12H,3-5,9-10H2,1-2H3,(H,20,21). The molecule has 8 heteroatoms. The predicted octanol–water partition coefficient (Wildman–Crippen LogP) is 1.41. The number of benzene rings is 1. The highest BCUT2D eigenvalue weighted by molar-refractivity contribution is 7.89. The first kappa shape index (κ1) is 18.4. The average Bonchev–Trinajstić information content (AvgIpc) is 2.60. The molecule has 0 radical (unpaired) electrons. The lowest BCUT2D eigenvalue weighted by atomic mass is 10.2. The Bertz CT molecular complexity index is 726. The van der Waals surface area contributed by atoms with Crippen molar-refractivity contribution < 1.29 is 23.1 Å². The van der Waals surface area contributed by atoms with E-state index in [4.69, 9.17) is 5.11 Å². The topological polar surface area (TPSA) is 95.0 Å². The van der Waals surface area contributed by atoms with Crippen LogP contribution in [0.1, 0.15) is 36.5 Å². The van der Waals surface area contributed by atoms with E-state index in [9.17, 15) is 18.0 Å². The number of likely N-dealkylation sites (N-methyl/N-ethyl adjacent to an activating group) is 1. The summed E-state index contributed by atoms with van der Waals surface area (Å²) < 4.78 is 26.8. The zero-order valence-corrected chi connectivity index (χ0v) is 14.6. The van der Waals surface area contributed by atoms with E-state index in [1.54, 1.807) is 0 Å². The molecule has 1 aliphatic heterocycles. The maximum Gasteiger partial charge on any atom is 0.326 e. The van der Waals surface area contributed by atoms with Crippen molar-refractivity contribution in [1.82, 2.24) is 9.21 Å². The third-order valence-electron chi connectivity index (χ3n) is 4.29. The van der Waals surface area contributed by atoms with Crippen LogP contribution in [0.4, 0.5) is 0 Å². The number of aliphatic carboxylic acids is 1. The highest BCUT2D eigenvalue weighted by atomic mass is 32.2. The minimum absolute atomic E-state index is 0.0617. The molecule has 1 amide bonds. The van der Waals surface area contributed by atoms with Gasteiger partial charge in [-0.25, -0.2) is 13.2 Å². The molecule has 0 aliphatic carbocycles. The first-order valence-corrected chi connectivity index (χ1v) is 9.29. The molecule has 0 bridgehead atoms. The molecule has 24 heavy (non-hydrogen) atoms. The Balaban J connectivity index is 2.28. The fraction of sp³-hybridized carbons (Fsp3) is 0.500. The Kier molecular flexibility index (Phi) is 5.61. The first-order valence-electron chi connectivity index (χ1n) is 7.85. The molecule has 1 aromatic carbocycles. The van der Waals surface area contributed by atoms with Gasteiger partial charge >= 0.3 is 5.97 Å². The summed E-state index contributed by atoms with van der Waals surface area (Å²) in [6, 6.07) is 4.77. The molecule has 1 fully saturated rings. The predicted molar refractivity (Wildman–Crippen MR) is 88.2 cm³/mol. The van der Waals surface area contributed by atoms with Gasteiger partial charge in [0.1, 0.15) is 6.04 Å². The van der Waals surface area contributed by atoms with Crippen LogP contribution < -0.4 is 0 Å². The summed E-state index contributed by atoms with van der Waals surface area (Å²) in [5.74, 6) is -1.65. The maximum absolute atomic E-state index is 12.7. The van der Waals surface area contributed by atoms with Crippen molar-refractivity contribution in [3.8, 4) is 0 Å². The Morgan fingerprint density at radius 1 is 1.21 bits per heavy atom. The summed E-state index contributed by atoms with van der Waals surface area (Å²) in [4.78, 5) is 24.6. The lowest BCUT2D eigenvalue weighted by Crippen LogP contribution is -2.40. The van der Waals surface area contributed by atoms with Crippen LogP contribution in [-0.2, 0) is 14.8 Å². The van der Waals surface area contributed by atoms with Crippen LogP contribution in [0, 0.1) is 0 Å². The van der Waals surface area contributed by atoms with Crippen LogP contribution in [0.5, 0.6) is 0 Å². The van der Waals surface area contributed by atoms with Crippen LogP contribution in [0.15, 0.2) is 29.2 Å². The van der Waals surface area contributed by atoms with Crippen molar-refractivity contribution in [1.29, 1.82) is 0 Å². The molecule has 0 saturated carbocycles. The largest absolute Gasteiger partial charge is 0.480 e. The molecular formula is C16H22N2O5S. The molecule has 1 saturated heterocycles. The number of carbonyl (C=O) groups excluding carboxylic acids is 1. The van der Waals surface area contributed by atoms with Crippen molar-refractivity contribution in [3.63, 3.8) is 0 Å². The number of rotatable bonds is 5. The Morgan fingerprint density at radius 2 is 1.83 bits per heavy atom. The monoisotopic (exact) mass is 354 g/mol.